The van der Waals surface area contributed by atoms with Crippen molar-refractivity contribution in [3.63, 3.8) is 0 Å². The van der Waals surface area contributed by atoms with E-state index >= 15 is 0 Å². The molecule has 1 saturated heterocycles. The third kappa shape index (κ3) is 2.53. The molecule has 0 aromatic carbocycles. The van der Waals surface area contributed by atoms with E-state index in [4.69, 9.17) is 10.7 Å². The van der Waals surface area contributed by atoms with Crippen LogP contribution in [-0.2, 0) is 6.42 Å². The number of nitrogens with one attached hydrogen (secondary N) is 1. The Hall–Kier alpha value is -2.23. The van der Waals surface area contributed by atoms with Crippen LogP contribution in [0.1, 0.15) is 30.5 Å². The van der Waals surface area contributed by atoms with Crippen LogP contribution in [0.25, 0.3) is 5.70 Å². The van der Waals surface area contributed by atoms with Crippen LogP contribution >= 0.6 is 0 Å². The van der Waals surface area contributed by atoms with Gasteiger partial charge in [-0.1, -0.05) is 25.8 Å². The summed E-state index contributed by atoms with van der Waals surface area (Å²) in [6, 6.07) is 4.36. The standard InChI is InChI=1S/C17H22N4/c1-11-6-7-14-8-9-15(20-17(14)19-11)13(3)21-10-4-5-16(21)12(2)18/h8-9,16H,1-7,10,18H2,(H,19,20). The molecule has 21 heavy (non-hydrogen) atoms. The van der Waals surface area contributed by atoms with Crippen molar-refractivity contribution in [2.45, 2.75) is 31.7 Å². The summed E-state index contributed by atoms with van der Waals surface area (Å²) in [6.45, 7) is 13.1. The van der Waals surface area contributed by atoms with Gasteiger partial charge in [-0.2, -0.15) is 0 Å². The zero-order valence-corrected chi connectivity index (χ0v) is 12.4. The van der Waals surface area contributed by atoms with Crippen molar-refractivity contribution in [3.05, 3.63) is 54.5 Å². The summed E-state index contributed by atoms with van der Waals surface area (Å²) in [4.78, 5) is 6.94. The Labute approximate surface area is 126 Å². The summed E-state index contributed by atoms with van der Waals surface area (Å²) in [5.74, 6) is 0.909. The highest BCUT2D eigenvalue weighted by atomic mass is 15.2. The first-order valence-corrected chi connectivity index (χ1v) is 7.41. The number of rotatable bonds is 3. The number of aryl methyl sites for hydroxylation is 1. The predicted octanol–water partition coefficient (Wildman–Crippen LogP) is 2.86. The minimum atomic E-state index is 0.179. The minimum Gasteiger partial charge on any atom is -0.401 e. The van der Waals surface area contributed by atoms with Crippen LogP contribution in [0.4, 0.5) is 5.82 Å². The van der Waals surface area contributed by atoms with Crippen LogP contribution < -0.4 is 11.1 Å². The molecule has 0 aliphatic carbocycles. The molecular formula is C17H22N4. The Bertz CT molecular complexity index is 617. The van der Waals surface area contributed by atoms with Crippen LogP contribution in [0.3, 0.4) is 0 Å². The summed E-state index contributed by atoms with van der Waals surface area (Å²) in [5.41, 5.74) is 10.7. The Morgan fingerprint density at radius 2 is 2.14 bits per heavy atom. The van der Waals surface area contributed by atoms with Gasteiger partial charge in [0, 0.05) is 17.9 Å². The molecule has 4 nitrogen and oxygen atoms in total. The van der Waals surface area contributed by atoms with E-state index in [-0.39, 0.29) is 6.04 Å². The molecule has 1 aromatic rings. The number of pyridine rings is 1. The van der Waals surface area contributed by atoms with Gasteiger partial charge < -0.3 is 16.0 Å². The van der Waals surface area contributed by atoms with E-state index in [2.05, 4.69) is 36.0 Å². The van der Waals surface area contributed by atoms with Gasteiger partial charge >= 0.3 is 0 Å². The smallest absolute Gasteiger partial charge is 0.134 e. The highest BCUT2D eigenvalue weighted by Gasteiger charge is 2.28. The lowest BCUT2D eigenvalue weighted by atomic mass is 10.0. The first-order chi connectivity index (χ1) is 10.1. The number of nitrogens with zero attached hydrogens (tertiary/aromatic N) is 2. The average molecular weight is 282 g/mol. The van der Waals surface area contributed by atoms with E-state index in [1.165, 1.54) is 5.56 Å². The molecule has 110 valence electrons. The predicted molar refractivity (Wildman–Crippen MR) is 87.4 cm³/mol. The number of hydrogen-bond acceptors (Lipinski definition) is 4. The first kappa shape index (κ1) is 13.7. The second-order valence-electron chi connectivity index (χ2n) is 5.81. The number of anilines is 1. The summed E-state index contributed by atoms with van der Waals surface area (Å²) in [7, 11) is 0. The van der Waals surface area contributed by atoms with E-state index in [0.29, 0.717) is 5.70 Å². The molecule has 1 aromatic heterocycles. The van der Waals surface area contributed by atoms with Gasteiger partial charge in [0.1, 0.15) is 5.82 Å². The van der Waals surface area contributed by atoms with Gasteiger partial charge in [-0.25, -0.2) is 4.98 Å². The summed E-state index contributed by atoms with van der Waals surface area (Å²) in [6.07, 6.45) is 4.11. The molecule has 3 heterocycles. The molecular weight excluding hydrogens is 260 g/mol. The Balaban J connectivity index is 1.87. The molecule has 0 spiro atoms. The maximum absolute atomic E-state index is 5.91. The lowest BCUT2D eigenvalue weighted by molar-refractivity contribution is 0.407. The van der Waals surface area contributed by atoms with Crippen LogP contribution in [0, 0.1) is 0 Å². The van der Waals surface area contributed by atoms with Gasteiger partial charge in [-0.3, -0.25) is 0 Å². The quantitative estimate of drug-likeness (QED) is 0.895. The van der Waals surface area contributed by atoms with E-state index in [0.717, 1.165) is 55.1 Å². The number of fused-ring (bicyclic) bond motifs is 1. The van der Waals surface area contributed by atoms with Crippen molar-refractivity contribution >= 4 is 11.5 Å². The fourth-order valence-corrected chi connectivity index (χ4v) is 3.10. The molecule has 0 saturated carbocycles. The maximum atomic E-state index is 5.91. The lowest BCUT2D eigenvalue weighted by Gasteiger charge is -2.29. The molecule has 1 fully saturated rings. The SMILES string of the molecule is C=C1CCc2ccc(C(=C)N3CCCC3C(=C)N)nc2N1. The molecule has 0 bridgehead atoms. The monoisotopic (exact) mass is 282 g/mol. The Morgan fingerprint density at radius 1 is 1.33 bits per heavy atom. The van der Waals surface area contributed by atoms with Crippen molar-refractivity contribution in [1.82, 2.24) is 9.88 Å². The molecule has 3 N–H and O–H groups in total. The van der Waals surface area contributed by atoms with Gasteiger partial charge in [-0.15, -0.1) is 0 Å². The molecule has 3 rings (SSSR count). The van der Waals surface area contributed by atoms with Crippen molar-refractivity contribution in [3.8, 4) is 0 Å². The first-order valence-electron chi connectivity index (χ1n) is 7.41. The molecule has 2 aliphatic heterocycles. The van der Waals surface area contributed by atoms with Crippen molar-refractivity contribution < 1.29 is 0 Å². The second-order valence-corrected chi connectivity index (χ2v) is 5.81. The summed E-state index contributed by atoms with van der Waals surface area (Å²) in [5, 5.41) is 3.27. The van der Waals surface area contributed by atoms with Crippen LogP contribution in [0.2, 0.25) is 0 Å². The zero-order chi connectivity index (χ0) is 15.0. The molecule has 2 aliphatic rings. The fraction of sp³-hybridized carbons (Fsp3) is 0.353. The highest BCUT2D eigenvalue weighted by molar-refractivity contribution is 5.64. The highest BCUT2D eigenvalue weighted by Crippen LogP contribution is 2.31. The van der Waals surface area contributed by atoms with Crippen LogP contribution in [-0.4, -0.2) is 22.5 Å². The average Bonchev–Trinajstić information content (AvgIpc) is 2.95. The topological polar surface area (TPSA) is 54.2 Å². The number of allylic oxidation sites excluding steroid dienone is 1. The normalized spacial score (nSPS) is 20.9. The second kappa shape index (κ2) is 5.28. The van der Waals surface area contributed by atoms with Crippen molar-refractivity contribution in [2.75, 3.05) is 11.9 Å². The van der Waals surface area contributed by atoms with E-state index in [9.17, 15) is 0 Å². The molecule has 1 unspecified atom stereocenters. The van der Waals surface area contributed by atoms with Gasteiger partial charge in [0.15, 0.2) is 0 Å². The van der Waals surface area contributed by atoms with Crippen LogP contribution in [0.15, 0.2) is 43.3 Å². The third-order valence-corrected chi connectivity index (χ3v) is 4.29. The van der Waals surface area contributed by atoms with E-state index in [1.54, 1.807) is 0 Å². The van der Waals surface area contributed by atoms with Crippen molar-refractivity contribution in [1.29, 1.82) is 0 Å². The Morgan fingerprint density at radius 3 is 2.90 bits per heavy atom. The third-order valence-electron chi connectivity index (χ3n) is 4.29. The zero-order valence-electron chi connectivity index (χ0n) is 12.4. The van der Waals surface area contributed by atoms with E-state index in [1.807, 2.05) is 6.07 Å². The van der Waals surface area contributed by atoms with Gasteiger partial charge in [0.05, 0.1) is 17.4 Å². The molecule has 1 atom stereocenters. The Kier molecular flexibility index (Phi) is 3.45. The molecule has 0 radical (unpaired) electrons. The number of hydrogen-bond donors (Lipinski definition) is 2. The summed E-state index contributed by atoms with van der Waals surface area (Å²) < 4.78 is 0. The van der Waals surface area contributed by atoms with E-state index < -0.39 is 0 Å². The van der Waals surface area contributed by atoms with Gasteiger partial charge in [-0.05, 0) is 37.3 Å². The summed E-state index contributed by atoms with van der Waals surface area (Å²) >= 11 is 0. The molecule has 4 heteroatoms. The van der Waals surface area contributed by atoms with Crippen molar-refractivity contribution in [2.24, 2.45) is 5.73 Å². The number of aromatic nitrogens is 1. The number of nitrogens with two attached hydrogens (primary N) is 1. The minimum absolute atomic E-state index is 0.179. The maximum Gasteiger partial charge on any atom is 0.134 e. The number of likely N-dealkylation sites (tertiary alicyclic amines) is 1. The largest absolute Gasteiger partial charge is 0.401 e. The fourth-order valence-electron chi connectivity index (χ4n) is 3.10. The van der Waals surface area contributed by atoms with Gasteiger partial charge in [0.25, 0.3) is 0 Å². The molecule has 0 amide bonds. The lowest BCUT2D eigenvalue weighted by Crippen LogP contribution is -2.32. The van der Waals surface area contributed by atoms with Crippen LogP contribution in [0.5, 0.6) is 0 Å². The van der Waals surface area contributed by atoms with Gasteiger partial charge in [0.2, 0.25) is 0 Å².